The van der Waals surface area contributed by atoms with Crippen LogP contribution in [0.5, 0.6) is 0 Å². The lowest BCUT2D eigenvalue weighted by atomic mass is 10.2. The van der Waals surface area contributed by atoms with Gasteiger partial charge in [0.1, 0.15) is 0 Å². The standard InChI is InChI=1S/C8H10O2S.CH2Cl2/c1-7-3-5-8(6-4-7)11(2,9)10;2-1-3/h3-6H,1-2H3;1H2. The first-order valence-corrected chi connectivity index (χ1v) is 6.76. The number of hydrogen-bond acceptors (Lipinski definition) is 2. The SMILES string of the molecule is Cc1ccc(S(C)(=O)=O)cc1.ClCCl. The molecular weight excluding hydrogens is 243 g/mol. The molecule has 0 radical (unpaired) electrons. The average molecular weight is 255 g/mol. The van der Waals surface area contributed by atoms with Crippen molar-refractivity contribution in [2.45, 2.75) is 11.8 Å². The molecule has 0 aromatic heterocycles. The van der Waals surface area contributed by atoms with Gasteiger partial charge >= 0.3 is 0 Å². The van der Waals surface area contributed by atoms with E-state index in [1.54, 1.807) is 24.3 Å². The minimum absolute atomic E-state index is 0.194. The predicted molar refractivity (Wildman–Crippen MR) is 60.9 cm³/mol. The Morgan fingerprint density at radius 3 is 1.79 bits per heavy atom. The molecule has 0 N–H and O–H groups in total. The normalized spacial score (nSPS) is 10.3. The molecule has 0 aliphatic heterocycles. The Morgan fingerprint density at radius 1 is 1.14 bits per heavy atom. The van der Waals surface area contributed by atoms with Crippen LogP contribution in [0.2, 0.25) is 0 Å². The fourth-order valence-electron chi connectivity index (χ4n) is 0.785. The fraction of sp³-hybridized carbons (Fsp3) is 0.333. The van der Waals surface area contributed by atoms with E-state index in [2.05, 4.69) is 0 Å². The van der Waals surface area contributed by atoms with Gasteiger partial charge in [0.15, 0.2) is 9.84 Å². The molecule has 2 nitrogen and oxygen atoms in total. The number of halogens is 2. The Bertz CT molecular complexity index is 357. The average Bonchev–Trinajstić information content (AvgIpc) is 2.04. The maximum Gasteiger partial charge on any atom is 0.175 e. The van der Waals surface area contributed by atoms with Gasteiger partial charge in [-0.25, -0.2) is 8.42 Å². The molecule has 0 amide bonds. The van der Waals surface area contributed by atoms with Crippen molar-refractivity contribution in [2.75, 3.05) is 11.6 Å². The lowest BCUT2D eigenvalue weighted by molar-refractivity contribution is 0.602. The van der Waals surface area contributed by atoms with Gasteiger partial charge < -0.3 is 0 Å². The van der Waals surface area contributed by atoms with Crippen molar-refractivity contribution in [1.29, 1.82) is 0 Å². The van der Waals surface area contributed by atoms with Crippen molar-refractivity contribution in [2.24, 2.45) is 0 Å². The van der Waals surface area contributed by atoms with Gasteiger partial charge in [-0.3, -0.25) is 0 Å². The molecule has 5 heteroatoms. The van der Waals surface area contributed by atoms with Crippen LogP contribution in [-0.4, -0.2) is 20.0 Å². The molecule has 0 atom stereocenters. The molecule has 0 fully saturated rings. The number of hydrogen-bond donors (Lipinski definition) is 0. The molecule has 1 aromatic rings. The Hall–Kier alpha value is -0.250. The maximum atomic E-state index is 10.9. The zero-order valence-electron chi connectivity index (χ0n) is 8.00. The summed E-state index contributed by atoms with van der Waals surface area (Å²) in [5.74, 6) is 0. The second-order valence-corrected chi connectivity index (χ2v) is 5.51. The Labute approximate surface area is 94.8 Å². The third-order valence-electron chi connectivity index (χ3n) is 1.45. The minimum atomic E-state index is -3.02. The van der Waals surface area contributed by atoms with E-state index in [-0.39, 0.29) is 5.34 Å². The zero-order valence-corrected chi connectivity index (χ0v) is 10.3. The van der Waals surface area contributed by atoms with Gasteiger partial charge in [-0.15, -0.1) is 23.2 Å². The Morgan fingerprint density at radius 2 is 1.50 bits per heavy atom. The second-order valence-electron chi connectivity index (χ2n) is 2.69. The van der Waals surface area contributed by atoms with Gasteiger partial charge in [-0.1, -0.05) is 17.7 Å². The predicted octanol–water partition coefficient (Wildman–Crippen LogP) is 2.82. The number of alkyl halides is 2. The van der Waals surface area contributed by atoms with Crippen LogP contribution >= 0.6 is 23.2 Å². The molecule has 1 rings (SSSR count). The summed E-state index contributed by atoms with van der Waals surface area (Å²) in [5.41, 5.74) is 1.07. The van der Waals surface area contributed by atoms with Crippen LogP contribution in [0.3, 0.4) is 0 Å². The van der Waals surface area contributed by atoms with Gasteiger partial charge in [0.2, 0.25) is 0 Å². The summed E-state index contributed by atoms with van der Waals surface area (Å²) < 4.78 is 21.9. The van der Waals surface area contributed by atoms with Crippen LogP contribution in [0, 0.1) is 6.92 Å². The van der Waals surface area contributed by atoms with Gasteiger partial charge in [0.25, 0.3) is 0 Å². The number of sulfone groups is 1. The van der Waals surface area contributed by atoms with Crippen molar-refractivity contribution in [3.05, 3.63) is 29.8 Å². The molecule has 0 spiro atoms. The first-order chi connectivity index (χ1) is 6.41. The molecule has 0 unspecified atom stereocenters. The molecule has 14 heavy (non-hydrogen) atoms. The highest BCUT2D eigenvalue weighted by molar-refractivity contribution is 7.90. The number of aryl methyl sites for hydroxylation is 1. The second kappa shape index (κ2) is 6.27. The molecule has 0 aliphatic carbocycles. The van der Waals surface area contributed by atoms with E-state index in [1.165, 1.54) is 6.26 Å². The van der Waals surface area contributed by atoms with Gasteiger partial charge in [-0.2, -0.15) is 0 Å². The van der Waals surface area contributed by atoms with Crippen molar-refractivity contribution in [3.8, 4) is 0 Å². The molecule has 0 saturated heterocycles. The van der Waals surface area contributed by atoms with E-state index >= 15 is 0 Å². The van der Waals surface area contributed by atoms with E-state index in [0.717, 1.165) is 5.56 Å². The van der Waals surface area contributed by atoms with Crippen LogP contribution in [0.25, 0.3) is 0 Å². The lowest BCUT2D eigenvalue weighted by Gasteiger charge is -1.96. The summed E-state index contributed by atoms with van der Waals surface area (Å²) in [7, 11) is -3.02. The smallest absolute Gasteiger partial charge is 0.175 e. The van der Waals surface area contributed by atoms with Crippen molar-refractivity contribution >= 4 is 33.0 Å². The highest BCUT2D eigenvalue weighted by atomic mass is 35.5. The van der Waals surface area contributed by atoms with Crippen LogP contribution < -0.4 is 0 Å². The quantitative estimate of drug-likeness (QED) is 0.723. The first kappa shape index (κ1) is 13.8. The third kappa shape index (κ3) is 5.47. The molecule has 0 saturated carbocycles. The Kier molecular flexibility index (Phi) is 6.16. The largest absolute Gasteiger partial charge is 0.224 e. The van der Waals surface area contributed by atoms with Crippen LogP contribution in [0.1, 0.15) is 5.56 Å². The summed E-state index contributed by atoms with van der Waals surface area (Å²) in [6.07, 6.45) is 1.21. The molecule has 0 bridgehead atoms. The van der Waals surface area contributed by atoms with Crippen molar-refractivity contribution in [1.82, 2.24) is 0 Å². The van der Waals surface area contributed by atoms with E-state index in [9.17, 15) is 8.42 Å². The first-order valence-electron chi connectivity index (χ1n) is 3.80. The van der Waals surface area contributed by atoms with E-state index in [1.807, 2.05) is 6.92 Å². The van der Waals surface area contributed by atoms with E-state index in [4.69, 9.17) is 23.2 Å². The maximum absolute atomic E-state index is 10.9. The fourth-order valence-corrected chi connectivity index (χ4v) is 1.42. The zero-order chi connectivity index (χ0) is 11.2. The van der Waals surface area contributed by atoms with Crippen molar-refractivity contribution in [3.63, 3.8) is 0 Å². The van der Waals surface area contributed by atoms with Gasteiger partial charge in [0, 0.05) is 6.26 Å². The minimum Gasteiger partial charge on any atom is -0.224 e. The number of rotatable bonds is 1. The van der Waals surface area contributed by atoms with Gasteiger partial charge in [0.05, 0.1) is 10.2 Å². The lowest BCUT2D eigenvalue weighted by Crippen LogP contribution is -1.95. The van der Waals surface area contributed by atoms with Crippen LogP contribution in [0.4, 0.5) is 0 Å². The summed E-state index contributed by atoms with van der Waals surface area (Å²) in [6, 6.07) is 6.81. The highest BCUT2D eigenvalue weighted by Gasteiger charge is 2.04. The molecule has 0 aliphatic rings. The van der Waals surface area contributed by atoms with Crippen molar-refractivity contribution < 1.29 is 8.42 Å². The third-order valence-corrected chi connectivity index (χ3v) is 2.58. The van der Waals surface area contributed by atoms with E-state index < -0.39 is 9.84 Å². The number of benzene rings is 1. The summed E-state index contributed by atoms with van der Waals surface area (Å²) >= 11 is 9.53. The highest BCUT2D eigenvalue weighted by Crippen LogP contribution is 2.08. The molecule has 0 heterocycles. The summed E-state index contributed by atoms with van der Waals surface area (Å²) in [4.78, 5) is 0.378. The summed E-state index contributed by atoms with van der Waals surface area (Å²) in [6.45, 7) is 1.92. The summed E-state index contributed by atoms with van der Waals surface area (Å²) in [5, 5.41) is 0.194. The monoisotopic (exact) mass is 254 g/mol. The van der Waals surface area contributed by atoms with Crippen LogP contribution in [-0.2, 0) is 9.84 Å². The Balaban J connectivity index is 0.000000500. The molecule has 1 aromatic carbocycles. The molecule has 80 valence electrons. The molecular formula is C9H12Cl2O2S. The van der Waals surface area contributed by atoms with Gasteiger partial charge in [-0.05, 0) is 19.1 Å². The van der Waals surface area contributed by atoms with E-state index in [0.29, 0.717) is 4.90 Å². The topological polar surface area (TPSA) is 34.1 Å². The van der Waals surface area contributed by atoms with Crippen LogP contribution in [0.15, 0.2) is 29.2 Å².